The van der Waals surface area contributed by atoms with Gasteiger partial charge in [0.2, 0.25) is 0 Å². The van der Waals surface area contributed by atoms with Crippen LogP contribution in [0.1, 0.15) is 58.6 Å². The number of nitrogens with zero attached hydrogens (tertiary/aromatic N) is 3. The fourth-order valence-electron chi connectivity index (χ4n) is 5.12. The first-order valence-electron chi connectivity index (χ1n) is 12.8. The molecule has 0 atom stereocenters. The Morgan fingerprint density at radius 1 is 1.03 bits per heavy atom. The van der Waals surface area contributed by atoms with Crippen LogP contribution in [0.15, 0.2) is 66.9 Å². The summed E-state index contributed by atoms with van der Waals surface area (Å²) in [6.07, 6.45) is 4.97. The molecule has 186 valence electrons. The molecule has 0 spiro atoms. The maximum absolute atomic E-state index is 13.1. The number of pyridine rings is 1. The molecule has 1 N–H and O–H groups in total. The number of ether oxygens (including phenoxy) is 1. The summed E-state index contributed by atoms with van der Waals surface area (Å²) in [7, 11) is 1.71. The fraction of sp³-hybridized carbons (Fsp3) is 0.333. The molecule has 1 aliphatic heterocycles. The summed E-state index contributed by atoms with van der Waals surface area (Å²) in [6, 6.07) is 21.1. The summed E-state index contributed by atoms with van der Waals surface area (Å²) in [5, 5.41) is 3.10. The first kappa shape index (κ1) is 23.9. The second kappa shape index (κ2) is 10.4. The van der Waals surface area contributed by atoms with Crippen LogP contribution in [0, 0.1) is 6.92 Å². The van der Waals surface area contributed by atoms with Crippen LogP contribution in [-0.4, -0.2) is 35.5 Å². The Morgan fingerprint density at radius 2 is 1.75 bits per heavy atom. The average molecular weight is 483 g/mol. The zero-order chi connectivity index (χ0) is 25.1. The van der Waals surface area contributed by atoms with Crippen molar-refractivity contribution in [3.8, 4) is 5.75 Å². The van der Waals surface area contributed by atoms with E-state index in [9.17, 15) is 4.79 Å². The van der Waals surface area contributed by atoms with Gasteiger partial charge in [-0.25, -0.2) is 4.98 Å². The molecular weight excluding hydrogens is 448 g/mol. The summed E-state index contributed by atoms with van der Waals surface area (Å²) < 4.78 is 7.19. The number of rotatable bonds is 7. The maximum Gasteiger partial charge on any atom is 0.270 e. The third kappa shape index (κ3) is 4.94. The van der Waals surface area contributed by atoms with E-state index >= 15 is 0 Å². The monoisotopic (exact) mass is 482 g/mol. The second-order valence-corrected chi connectivity index (χ2v) is 9.58. The van der Waals surface area contributed by atoms with Crippen molar-refractivity contribution in [2.24, 2.45) is 0 Å². The van der Waals surface area contributed by atoms with Gasteiger partial charge in [-0.3, -0.25) is 9.20 Å². The highest BCUT2D eigenvalue weighted by molar-refractivity contribution is 5.94. The van der Waals surface area contributed by atoms with Crippen LogP contribution in [-0.2, 0) is 13.0 Å². The lowest BCUT2D eigenvalue weighted by molar-refractivity contribution is 0.0944. The Morgan fingerprint density at radius 3 is 2.42 bits per heavy atom. The molecule has 1 saturated heterocycles. The smallest absolute Gasteiger partial charge is 0.270 e. The quantitative estimate of drug-likeness (QED) is 0.376. The predicted molar refractivity (Wildman–Crippen MR) is 144 cm³/mol. The van der Waals surface area contributed by atoms with E-state index in [1.807, 2.05) is 36.6 Å². The van der Waals surface area contributed by atoms with Crippen LogP contribution >= 0.6 is 0 Å². The number of amides is 1. The molecule has 1 fully saturated rings. The van der Waals surface area contributed by atoms with Gasteiger partial charge >= 0.3 is 0 Å². The average Bonchev–Trinajstić information content (AvgIpc) is 3.30. The van der Waals surface area contributed by atoms with Crippen LogP contribution in [0.25, 0.3) is 5.65 Å². The zero-order valence-electron chi connectivity index (χ0n) is 21.3. The minimum absolute atomic E-state index is 0.0883. The lowest BCUT2D eigenvalue weighted by atomic mass is 9.89. The molecule has 3 heterocycles. The number of imidazole rings is 1. The van der Waals surface area contributed by atoms with Crippen LogP contribution < -0.4 is 15.0 Å². The number of nitrogens with one attached hydrogen (secondary N) is 1. The fourth-order valence-corrected chi connectivity index (χ4v) is 5.12. The summed E-state index contributed by atoms with van der Waals surface area (Å²) in [4.78, 5) is 20.2. The van der Waals surface area contributed by atoms with Gasteiger partial charge in [0.1, 0.15) is 17.1 Å². The standard InChI is InChI=1S/C30H34N4O2/c1-4-27-29(34-20-21(2)5-14-28(34)32-27)30(35)31-19-22-6-10-25(11-7-22)33-17-15-24(16-18-33)23-8-12-26(36-3)13-9-23/h5-14,20,24H,4,15-19H2,1-3H3,(H,31,35). The highest BCUT2D eigenvalue weighted by atomic mass is 16.5. The number of carbonyl (C=O) groups excluding carboxylic acids is 1. The number of aryl methyl sites for hydroxylation is 2. The number of methoxy groups -OCH3 is 1. The van der Waals surface area contributed by atoms with Gasteiger partial charge in [0.05, 0.1) is 12.8 Å². The molecule has 0 radical (unpaired) electrons. The molecule has 0 aliphatic carbocycles. The van der Waals surface area contributed by atoms with E-state index in [-0.39, 0.29) is 5.91 Å². The number of hydrogen-bond donors (Lipinski definition) is 1. The molecule has 2 aromatic heterocycles. The van der Waals surface area contributed by atoms with E-state index in [2.05, 4.69) is 63.7 Å². The van der Waals surface area contributed by atoms with Crippen molar-refractivity contribution in [3.05, 3.63) is 94.9 Å². The van der Waals surface area contributed by atoms with Crippen molar-refractivity contribution < 1.29 is 9.53 Å². The van der Waals surface area contributed by atoms with E-state index in [0.29, 0.717) is 24.6 Å². The van der Waals surface area contributed by atoms with Crippen LogP contribution in [0.4, 0.5) is 5.69 Å². The summed E-state index contributed by atoms with van der Waals surface area (Å²) in [6.45, 7) is 6.63. The molecule has 5 rings (SSSR count). The molecule has 6 heteroatoms. The Kier molecular flexibility index (Phi) is 6.94. The number of piperidine rings is 1. The van der Waals surface area contributed by atoms with Gasteiger partial charge in [-0.15, -0.1) is 0 Å². The van der Waals surface area contributed by atoms with Gasteiger partial charge in [0.15, 0.2) is 0 Å². The van der Waals surface area contributed by atoms with Crippen molar-refractivity contribution >= 4 is 17.2 Å². The van der Waals surface area contributed by atoms with Crippen molar-refractivity contribution in [1.82, 2.24) is 14.7 Å². The van der Waals surface area contributed by atoms with Crippen LogP contribution in [0.5, 0.6) is 5.75 Å². The Hall–Kier alpha value is -3.80. The topological polar surface area (TPSA) is 58.9 Å². The maximum atomic E-state index is 13.1. The molecule has 1 aliphatic rings. The largest absolute Gasteiger partial charge is 0.497 e. The van der Waals surface area contributed by atoms with Gasteiger partial charge in [-0.1, -0.05) is 37.3 Å². The minimum Gasteiger partial charge on any atom is -0.497 e. The molecule has 6 nitrogen and oxygen atoms in total. The van der Waals surface area contributed by atoms with Crippen LogP contribution in [0.3, 0.4) is 0 Å². The first-order chi connectivity index (χ1) is 17.6. The van der Waals surface area contributed by atoms with E-state index in [0.717, 1.165) is 54.1 Å². The van der Waals surface area contributed by atoms with Crippen molar-refractivity contribution in [1.29, 1.82) is 0 Å². The number of aromatic nitrogens is 2. The number of anilines is 1. The van der Waals surface area contributed by atoms with E-state index in [4.69, 9.17) is 4.74 Å². The molecule has 0 bridgehead atoms. The summed E-state index contributed by atoms with van der Waals surface area (Å²) in [5.74, 6) is 1.42. The van der Waals surface area contributed by atoms with Gasteiger partial charge in [-0.05, 0) is 79.1 Å². The first-order valence-corrected chi connectivity index (χ1v) is 12.8. The Balaban J connectivity index is 1.18. The third-order valence-corrected chi connectivity index (χ3v) is 7.23. The lowest BCUT2D eigenvalue weighted by Gasteiger charge is -2.34. The van der Waals surface area contributed by atoms with E-state index in [1.165, 1.54) is 11.3 Å². The van der Waals surface area contributed by atoms with Crippen LogP contribution in [0.2, 0.25) is 0 Å². The third-order valence-electron chi connectivity index (χ3n) is 7.23. The number of hydrogen-bond acceptors (Lipinski definition) is 4. The molecule has 4 aromatic rings. The highest BCUT2D eigenvalue weighted by Gasteiger charge is 2.21. The van der Waals surface area contributed by atoms with E-state index in [1.54, 1.807) is 7.11 Å². The van der Waals surface area contributed by atoms with Gasteiger partial charge < -0.3 is 15.0 Å². The second-order valence-electron chi connectivity index (χ2n) is 9.58. The summed E-state index contributed by atoms with van der Waals surface area (Å²) >= 11 is 0. The van der Waals surface area contributed by atoms with E-state index < -0.39 is 0 Å². The minimum atomic E-state index is -0.0883. The SMILES string of the molecule is CCc1nc2ccc(C)cn2c1C(=O)NCc1ccc(N2CCC(c3ccc(OC)cc3)CC2)cc1. The van der Waals surface area contributed by atoms with Gasteiger partial charge in [-0.2, -0.15) is 0 Å². The van der Waals surface area contributed by atoms with Crippen molar-refractivity contribution in [2.75, 3.05) is 25.1 Å². The molecule has 2 aromatic carbocycles. The van der Waals surface area contributed by atoms with Gasteiger partial charge in [0.25, 0.3) is 5.91 Å². The van der Waals surface area contributed by atoms with Crippen molar-refractivity contribution in [3.63, 3.8) is 0 Å². The predicted octanol–water partition coefficient (Wildman–Crippen LogP) is 5.53. The van der Waals surface area contributed by atoms with Gasteiger partial charge in [0, 0.05) is 31.5 Å². The molecule has 36 heavy (non-hydrogen) atoms. The van der Waals surface area contributed by atoms with Crippen molar-refractivity contribution in [2.45, 2.75) is 45.6 Å². The Bertz CT molecular complexity index is 1330. The Labute approximate surface area is 212 Å². The zero-order valence-corrected chi connectivity index (χ0v) is 21.3. The molecule has 0 unspecified atom stereocenters. The molecule has 1 amide bonds. The number of carbonyl (C=O) groups is 1. The highest BCUT2D eigenvalue weighted by Crippen LogP contribution is 2.31. The number of benzene rings is 2. The summed E-state index contributed by atoms with van der Waals surface area (Å²) in [5.41, 5.74) is 7.09. The molecule has 0 saturated carbocycles. The molecular formula is C30H34N4O2. The lowest BCUT2D eigenvalue weighted by Crippen LogP contribution is -2.32. The normalized spacial score (nSPS) is 14.2. The number of fused-ring (bicyclic) bond motifs is 1.